The number of anilines is 2. The molecule has 0 unspecified atom stereocenters. The lowest BCUT2D eigenvalue weighted by Gasteiger charge is -2.00. The number of aromatic nitrogens is 1. The zero-order valence-electron chi connectivity index (χ0n) is 10.3. The molecule has 88 valence electrons. The monoisotopic (exact) mass is 237 g/mol. The van der Waals surface area contributed by atoms with E-state index in [9.17, 15) is 0 Å². The van der Waals surface area contributed by atoms with Crippen LogP contribution in [0.2, 0.25) is 0 Å². The van der Waals surface area contributed by atoms with Crippen LogP contribution in [0.3, 0.4) is 0 Å². The van der Waals surface area contributed by atoms with Gasteiger partial charge in [0.1, 0.15) is 0 Å². The molecular weight excluding hydrogens is 218 g/mol. The Morgan fingerprint density at radius 1 is 1.31 bits per heavy atom. The third-order valence-electron chi connectivity index (χ3n) is 1.98. The van der Waals surface area contributed by atoms with Gasteiger partial charge in [-0.2, -0.15) is 0 Å². The molecule has 0 radical (unpaired) electrons. The quantitative estimate of drug-likeness (QED) is 0.852. The highest BCUT2D eigenvalue weighted by atomic mass is 32.1. The van der Waals surface area contributed by atoms with E-state index in [1.165, 1.54) is 4.70 Å². The van der Waals surface area contributed by atoms with Crippen LogP contribution in [0, 0.1) is 0 Å². The summed E-state index contributed by atoms with van der Waals surface area (Å²) >= 11 is 1.67. The minimum atomic E-state index is 0.939. The van der Waals surface area contributed by atoms with E-state index in [4.69, 9.17) is 0 Å². The molecule has 0 spiro atoms. The van der Waals surface area contributed by atoms with Gasteiger partial charge in [0.2, 0.25) is 0 Å². The maximum atomic E-state index is 4.44. The van der Waals surface area contributed by atoms with E-state index < -0.39 is 0 Å². The molecule has 0 saturated carbocycles. The van der Waals surface area contributed by atoms with Crippen LogP contribution < -0.4 is 10.6 Å². The lowest BCUT2D eigenvalue weighted by molar-refractivity contribution is 1.21. The van der Waals surface area contributed by atoms with Crippen molar-refractivity contribution in [1.29, 1.82) is 0 Å². The molecule has 16 heavy (non-hydrogen) atoms. The summed E-state index contributed by atoms with van der Waals surface area (Å²) in [6.07, 6.45) is 0. The van der Waals surface area contributed by atoms with E-state index in [-0.39, 0.29) is 0 Å². The topological polar surface area (TPSA) is 37.0 Å². The van der Waals surface area contributed by atoms with E-state index in [1.54, 1.807) is 11.3 Å². The predicted octanol–water partition coefficient (Wildman–Crippen LogP) is 3.80. The third kappa shape index (κ3) is 2.85. The summed E-state index contributed by atoms with van der Waals surface area (Å²) in [5, 5.41) is 7.29. The highest BCUT2D eigenvalue weighted by Crippen LogP contribution is 2.27. The highest BCUT2D eigenvalue weighted by molar-refractivity contribution is 7.22. The van der Waals surface area contributed by atoms with Gasteiger partial charge < -0.3 is 10.6 Å². The van der Waals surface area contributed by atoms with Crippen LogP contribution in [0.4, 0.5) is 10.8 Å². The molecule has 0 amide bonds. The molecule has 0 bridgehead atoms. The first kappa shape index (κ1) is 12.8. The summed E-state index contributed by atoms with van der Waals surface area (Å²) in [6, 6.07) is 6.27. The average molecular weight is 237 g/mol. The first-order chi connectivity index (χ1) is 7.83. The number of hydrogen-bond donors (Lipinski definition) is 2. The molecule has 0 aliphatic carbocycles. The summed E-state index contributed by atoms with van der Waals surface area (Å²) in [4.78, 5) is 4.44. The van der Waals surface area contributed by atoms with Crippen molar-refractivity contribution in [3.8, 4) is 0 Å². The molecule has 2 N–H and O–H groups in total. The van der Waals surface area contributed by atoms with Gasteiger partial charge in [0.05, 0.1) is 10.2 Å². The molecule has 0 atom stereocenters. The smallest absolute Gasteiger partial charge is 0.183 e. The standard InChI is InChI=1S/C10H13N3S.C2H6/c1-3-12-7-4-5-9-8(6-7)13-10(11-2)14-9;1-2/h4-6,12H,3H2,1-2H3,(H,11,13);1-2H3. The number of nitrogens with one attached hydrogen (secondary N) is 2. The Bertz CT molecular complexity index is 437. The Balaban J connectivity index is 0.000000606. The Morgan fingerprint density at radius 2 is 2.06 bits per heavy atom. The van der Waals surface area contributed by atoms with Crippen LogP contribution in [0.1, 0.15) is 20.8 Å². The van der Waals surface area contributed by atoms with Gasteiger partial charge in [0, 0.05) is 19.3 Å². The van der Waals surface area contributed by atoms with Gasteiger partial charge in [0.15, 0.2) is 5.13 Å². The minimum Gasteiger partial charge on any atom is -0.385 e. The zero-order chi connectivity index (χ0) is 12.0. The van der Waals surface area contributed by atoms with Crippen LogP contribution in [0.25, 0.3) is 10.2 Å². The first-order valence-corrected chi connectivity index (χ1v) is 6.47. The van der Waals surface area contributed by atoms with Crippen LogP contribution in [0.15, 0.2) is 18.2 Å². The normalized spacial score (nSPS) is 9.50. The molecular formula is C12H19N3S. The minimum absolute atomic E-state index is 0.939. The van der Waals surface area contributed by atoms with Gasteiger partial charge in [0.25, 0.3) is 0 Å². The van der Waals surface area contributed by atoms with Gasteiger partial charge in [-0.3, -0.25) is 0 Å². The van der Waals surface area contributed by atoms with E-state index in [0.717, 1.165) is 22.9 Å². The lowest BCUT2D eigenvalue weighted by atomic mass is 10.3. The van der Waals surface area contributed by atoms with Crippen molar-refractivity contribution in [2.24, 2.45) is 0 Å². The first-order valence-electron chi connectivity index (χ1n) is 5.65. The van der Waals surface area contributed by atoms with Crippen LogP contribution in [0.5, 0.6) is 0 Å². The molecule has 0 aliphatic heterocycles. The molecule has 0 aliphatic rings. The Kier molecular flexibility index (Phi) is 5.05. The van der Waals surface area contributed by atoms with Gasteiger partial charge in [-0.1, -0.05) is 25.2 Å². The Hall–Kier alpha value is -1.29. The van der Waals surface area contributed by atoms with Crippen molar-refractivity contribution in [3.63, 3.8) is 0 Å². The van der Waals surface area contributed by atoms with Crippen molar-refractivity contribution in [1.82, 2.24) is 4.98 Å². The molecule has 3 nitrogen and oxygen atoms in total. The summed E-state index contributed by atoms with van der Waals surface area (Å²) < 4.78 is 1.22. The van der Waals surface area contributed by atoms with E-state index in [1.807, 2.05) is 20.9 Å². The molecule has 1 aromatic carbocycles. The maximum absolute atomic E-state index is 4.44. The number of benzene rings is 1. The van der Waals surface area contributed by atoms with Gasteiger partial charge in [-0.15, -0.1) is 0 Å². The molecule has 0 fully saturated rings. The van der Waals surface area contributed by atoms with Crippen molar-refractivity contribution >= 4 is 32.4 Å². The Morgan fingerprint density at radius 3 is 2.69 bits per heavy atom. The summed E-state index contributed by atoms with van der Waals surface area (Å²) in [7, 11) is 1.89. The predicted molar refractivity (Wildman–Crippen MR) is 74.7 cm³/mol. The van der Waals surface area contributed by atoms with E-state index >= 15 is 0 Å². The second-order valence-corrected chi connectivity index (χ2v) is 4.01. The van der Waals surface area contributed by atoms with Gasteiger partial charge in [-0.25, -0.2) is 4.98 Å². The maximum Gasteiger partial charge on any atom is 0.183 e. The third-order valence-corrected chi connectivity index (χ3v) is 3.04. The SMILES string of the molecule is CC.CCNc1ccc2sc(NC)nc2c1. The summed E-state index contributed by atoms with van der Waals surface area (Å²) in [5.74, 6) is 0. The van der Waals surface area contributed by atoms with Crippen molar-refractivity contribution < 1.29 is 0 Å². The molecule has 1 aromatic heterocycles. The fourth-order valence-corrected chi connectivity index (χ4v) is 2.15. The van der Waals surface area contributed by atoms with Crippen LogP contribution in [-0.4, -0.2) is 18.6 Å². The van der Waals surface area contributed by atoms with E-state index in [2.05, 4.69) is 40.7 Å². The molecule has 0 saturated heterocycles. The van der Waals surface area contributed by atoms with Gasteiger partial charge >= 0.3 is 0 Å². The Labute approximate surface area is 101 Å². The number of rotatable bonds is 3. The number of nitrogens with zero attached hydrogens (tertiary/aromatic N) is 1. The fraction of sp³-hybridized carbons (Fsp3) is 0.417. The number of fused-ring (bicyclic) bond motifs is 1. The highest BCUT2D eigenvalue weighted by Gasteiger charge is 2.02. The summed E-state index contributed by atoms with van der Waals surface area (Å²) in [5.41, 5.74) is 2.19. The number of thiazole rings is 1. The van der Waals surface area contributed by atoms with Crippen molar-refractivity contribution in [2.75, 3.05) is 24.2 Å². The van der Waals surface area contributed by atoms with Crippen molar-refractivity contribution in [2.45, 2.75) is 20.8 Å². The fourth-order valence-electron chi connectivity index (χ4n) is 1.35. The van der Waals surface area contributed by atoms with Gasteiger partial charge in [-0.05, 0) is 25.1 Å². The van der Waals surface area contributed by atoms with Crippen LogP contribution in [-0.2, 0) is 0 Å². The average Bonchev–Trinajstić information content (AvgIpc) is 2.74. The second-order valence-electron chi connectivity index (χ2n) is 2.98. The van der Waals surface area contributed by atoms with Crippen molar-refractivity contribution in [3.05, 3.63) is 18.2 Å². The van der Waals surface area contributed by atoms with E-state index in [0.29, 0.717) is 0 Å². The number of hydrogen-bond acceptors (Lipinski definition) is 4. The second kappa shape index (κ2) is 6.33. The zero-order valence-corrected chi connectivity index (χ0v) is 11.1. The lowest BCUT2D eigenvalue weighted by Crippen LogP contribution is -1.95. The molecule has 1 heterocycles. The largest absolute Gasteiger partial charge is 0.385 e. The van der Waals surface area contributed by atoms with Crippen LogP contribution >= 0.6 is 11.3 Å². The summed E-state index contributed by atoms with van der Waals surface area (Å²) in [6.45, 7) is 7.03. The molecule has 4 heteroatoms. The molecule has 2 aromatic rings. The molecule has 2 rings (SSSR count).